The molecule has 0 radical (unpaired) electrons. The lowest BCUT2D eigenvalue weighted by atomic mass is 9.51. The van der Waals surface area contributed by atoms with Crippen molar-refractivity contribution in [2.75, 3.05) is 0 Å². The standard InChI is InChI=1S/C27H32O10/c1-12-19(29)35-17-16(28)25-15-10-14(23(2,3)4)24(25)18(33-11-13-8-6-5-7-9-13)20(30)36-22(24)37-27(25,21(31)34-15)26(12,17)32/h5-9,12,14-18,20,22,28,30,32H,10-11H2,1-4H3/t12-,14?,15?,16+,17?,18+,20?,22?,24?,25?,26-,27?/m1/s1. The number of carbonyl (C=O) groups is 2. The quantitative estimate of drug-likeness (QED) is 0.490. The van der Waals surface area contributed by atoms with Gasteiger partial charge in [0.1, 0.15) is 18.3 Å². The van der Waals surface area contributed by atoms with Crippen LogP contribution in [0.3, 0.4) is 0 Å². The van der Waals surface area contributed by atoms with Crippen molar-refractivity contribution >= 4 is 11.9 Å². The van der Waals surface area contributed by atoms with Gasteiger partial charge in [-0.05, 0) is 30.2 Å². The first-order chi connectivity index (χ1) is 17.4. The molecule has 6 aliphatic rings. The minimum Gasteiger partial charge on any atom is -0.459 e. The van der Waals surface area contributed by atoms with Crippen molar-refractivity contribution in [3.05, 3.63) is 35.9 Å². The van der Waals surface area contributed by atoms with Crippen LogP contribution in [0, 0.1) is 28.1 Å². The molecule has 37 heavy (non-hydrogen) atoms. The normalized spacial score (nSPS) is 53.1. The van der Waals surface area contributed by atoms with Crippen LogP contribution in [0.1, 0.15) is 39.7 Å². The molecule has 10 heteroatoms. The summed E-state index contributed by atoms with van der Waals surface area (Å²) in [5.74, 6) is -3.08. The van der Waals surface area contributed by atoms with E-state index in [9.17, 15) is 24.9 Å². The Morgan fingerprint density at radius 2 is 1.81 bits per heavy atom. The predicted molar refractivity (Wildman–Crippen MR) is 122 cm³/mol. The largest absolute Gasteiger partial charge is 0.459 e. The third kappa shape index (κ3) is 2.21. The highest BCUT2D eigenvalue weighted by Crippen LogP contribution is 2.85. The summed E-state index contributed by atoms with van der Waals surface area (Å²) in [6.45, 7) is 7.68. The lowest BCUT2D eigenvalue weighted by Crippen LogP contribution is -2.67. The highest BCUT2D eigenvalue weighted by atomic mass is 16.8. The lowest BCUT2D eigenvalue weighted by Gasteiger charge is -2.50. The third-order valence-electron chi connectivity index (χ3n) is 10.4. The Morgan fingerprint density at radius 3 is 2.49 bits per heavy atom. The molecular formula is C27H32O10. The van der Waals surface area contributed by atoms with E-state index in [1.165, 1.54) is 6.92 Å². The van der Waals surface area contributed by atoms with Gasteiger partial charge in [-0.2, -0.15) is 0 Å². The summed E-state index contributed by atoms with van der Waals surface area (Å²) in [6, 6.07) is 9.43. The molecule has 1 aromatic rings. The van der Waals surface area contributed by atoms with Crippen LogP contribution >= 0.6 is 0 Å². The minimum atomic E-state index is -2.20. The molecule has 2 saturated carbocycles. The van der Waals surface area contributed by atoms with Crippen molar-refractivity contribution in [3.8, 4) is 0 Å². The van der Waals surface area contributed by atoms with E-state index in [0.29, 0.717) is 6.42 Å². The Morgan fingerprint density at radius 1 is 1.11 bits per heavy atom. The van der Waals surface area contributed by atoms with Crippen LogP contribution in [0.2, 0.25) is 0 Å². The molecule has 200 valence electrons. The maximum atomic E-state index is 13.8. The fraction of sp³-hybridized carbons (Fsp3) is 0.704. The van der Waals surface area contributed by atoms with E-state index in [2.05, 4.69) is 0 Å². The van der Waals surface area contributed by atoms with Crippen molar-refractivity contribution < 1.29 is 48.6 Å². The van der Waals surface area contributed by atoms with Gasteiger partial charge in [0.25, 0.3) is 0 Å². The summed E-state index contributed by atoms with van der Waals surface area (Å²) in [4.78, 5) is 26.4. The van der Waals surface area contributed by atoms with Crippen molar-refractivity contribution in [2.45, 2.75) is 88.9 Å². The van der Waals surface area contributed by atoms with E-state index in [-0.39, 0.29) is 12.5 Å². The molecule has 8 unspecified atom stereocenters. The van der Waals surface area contributed by atoms with Gasteiger partial charge in [-0.3, -0.25) is 4.79 Å². The average Bonchev–Trinajstić information content (AvgIpc) is 3.55. The maximum absolute atomic E-state index is 13.8. The first-order valence-corrected chi connectivity index (χ1v) is 12.9. The fourth-order valence-electron chi connectivity index (χ4n) is 9.21. The molecule has 0 amide bonds. The zero-order chi connectivity index (χ0) is 26.3. The molecule has 6 fully saturated rings. The number of benzene rings is 1. The molecule has 3 N–H and O–H groups in total. The summed E-state index contributed by atoms with van der Waals surface area (Å²) in [7, 11) is 0. The van der Waals surface area contributed by atoms with Crippen LogP contribution in [-0.4, -0.2) is 75.5 Å². The van der Waals surface area contributed by atoms with Crippen LogP contribution in [0.15, 0.2) is 30.3 Å². The van der Waals surface area contributed by atoms with E-state index in [1.54, 1.807) is 0 Å². The monoisotopic (exact) mass is 516 g/mol. The van der Waals surface area contributed by atoms with Gasteiger partial charge in [0.2, 0.25) is 5.60 Å². The van der Waals surface area contributed by atoms with Crippen molar-refractivity contribution in [2.24, 2.45) is 28.1 Å². The van der Waals surface area contributed by atoms with Crippen LogP contribution in [0.25, 0.3) is 0 Å². The average molecular weight is 517 g/mol. The topological polar surface area (TPSA) is 141 Å². The lowest BCUT2D eigenvalue weighted by molar-refractivity contribution is -0.264. The zero-order valence-corrected chi connectivity index (χ0v) is 21.1. The number of hydrogen-bond donors (Lipinski definition) is 3. The molecule has 10 nitrogen and oxygen atoms in total. The Labute approximate surface area is 213 Å². The second-order valence-electron chi connectivity index (χ2n) is 12.6. The summed E-state index contributed by atoms with van der Waals surface area (Å²) < 4.78 is 30.3. The van der Waals surface area contributed by atoms with Gasteiger partial charge in [0.05, 0.1) is 23.4 Å². The number of fused-ring (bicyclic) bond motifs is 1. The van der Waals surface area contributed by atoms with Gasteiger partial charge >= 0.3 is 11.9 Å². The van der Waals surface area contributed by atoms with Crippen LogP contribution in [0.5, 0.6) is 0 Å². The van der Waals surface area contributed by atoms with E-state index in [0.717, 1.165) is 5.56 Å². The molecule has 4 heterocycles. The van der Waals surface area contributed by atoms with Gasteiger partial charge in [0, 0.05) is 0 Å². The molecule has 2 aliphatic carbocycles. The number of ether oxygens (including phenoxy) is 5. The number of esters is 2. The highest BCUT2D eigenvalue weighted by molar-refractivity contribution is 5.92. The van der Waals surface area contributed by atoms with E-state index >= 15 is 0 Å². The van der Waals surface area contributed by atoms with Gasteiger partial charge in [-0.1, -0.05) is 51.1 Å². The van der Waals surface area contributed by atoms with Crippen LogP contribution in [0.4, 0.5) is 0 Å². The van der Waals surface area contributed by atoms with Gasteiger partial charge in [-0.15, -0.1) is 0 Å². The summed E-state index contributed by atoms with van der Waals surface area (Å²) in [6.07, 6.45) is -7.14. The molecule has 2 spiro atoms. The van der Waals surface area contributed by atoms with Crippen molar-refractivity contribution in [3.63, 3.8) is 0 Å². The molecule has 4 aliphatic heterocycles. The van der Waals surface area contributed by atoms with E-state index < -0.39 is 82.3 Å². The third-order valence-corrected chi connectivity index (χ3v) is 10.4. The van der Waals surface area contributed by atoms with Crippen molar-refractivity contribution in [1.29, 1.82) is 0 Å². The first kappa shape index (κ1) is 24.0. The molecule has 1 aromatic carbocycles. The maximum Gasteiger partial charge on any atom is 0.342 e. The molecule has 0 aromatic heterocycles. The SMILES string of the molecule is C[C@@H]1C(=O)OC2[C@H](O)C34C5CC(C(C)(C)C)C36C(OC(O)[C@@H]6OCc3ccccc3)OC4(C(=O)O5)[C@]21O. The van der Waals surface area contributed by atoms with Gasteiger partial charge in [0.15, 0.2) is 24.3 Å². The van der Waals surface area contributed by atoms with E-state index in [4.69, 9.17) is 23.7 Å². The number of aliphatic hydroxyl groups excluding tert-OH is 2. The van der Waals surface area contributed by atoms with Crippen LogP contribution < -0.4 is 0 Å². The van der Waals surface area contributed by atoms with Gasteiger partial charge < -0.3 is 39.0 Å². The summed E-state index contributed by atoms with van der Waals surface area (Å²) in [5.41, 5.74) is -6.80. The zero-order valence-electron chi connectivity index (χ0n) is 21.1. The molecule has 12 atom stereocenters. The van der Waals surface area contributed by atoms with E-state index in [1.807, 2.05) is 51.1 Å². The number of hydrogen-bond acceptors (Lipinski definition) is 10. The second kappa shape index (κ2) is 6.91. The predicted octanol–water partition coefficient (Wildman–Crippen LogP) is 0.647. The number of rotatable bonds is 3. The fourth-order valence-corrected chi connectivity index (χ4v) is 9.21. The molecule has 7 rings (SSSR count). The Kier molecular flexibility index (Phi) is 4.48. The number of carbonyl (C=O) groups excluding carboxylic acids is 2. The Balaban J connectivity index is 1.47. The highest BCUT2D eigenvalue weighted by Gasteiger charge is 3.03. The smallest absolute Gasteiger partial charge is 0.342 e. The van der Waals surface area contributed by atoms with Crippen LogP contribution in [-0.2, 0) is 39.9 Å². The Bertz CT molecular complexity index is 1180. The summed E-state index contributed by atoms with van der Waals surface area (Å²) in [5, 5.41) is 35.5. The molecular weight excluding hydrogens is 484 g/mol. The number of aliphatic hydroxyl groups is 3. The molecule has 0 bridgehead atoms. The summed E-state index contributed by atoms with van der Waals surface area (Å²) >= 11 is 0. The first-order valence-electron chi connectivity index (χ1n) is 12.9. The minimum absolute atomic E-state index is 0.134. The van der Waals surface area contributed by atoms with Crippen molar-refractivity contribution in [1.82, 2.24) is 0 Å². The Hall–Kier alpha value is -2.08. The van der Waals surface area contributed by atoms with Gasteiger partial charge in [-0.25, -0.2) is 4.79 Å². The molecule has 4 saturated heterocycles. The second-order valence-corrected chi connectivity index (χ2v) is 12.6.